The van der Waals surface area contributed by atoms with Gasteiger partial charge in [-0.2, -0.15) is 0 Å². The minimum Gasteiger partial charge on any atom is -0.399 e. The Labute approximate surface area is 193 Å². The van der Waals surface area contributed by atoms with E-state index in [9.17, 15) is 0 Å². The van der Waals surface area contributed by atoms with Crippen LogP contribution in [0.4, 0.5) is 5.69 Å². The Hall–Kier alpha value is -4.02. The number of nitrogens with one attached hydrogen (secondary N) is 1. The fourth-order valence-electron chi connectivity index (χ4n) is 4.26. The first kappa shape index (κ1) is 20.9. The smallest absolute Gasteiger partial charge is 0.219 e. The molecular formula is C29H28N4+2. The Kier molecular flexibility index (Phi) is 5.83. The van der Waals surface area contributed by atoms with Gasteiger partial charge in [0.25, 0.3) is 0 Å². The molecule has 4 heteroatoms. The van der Waals surface area contributed by atoms with Crippen molar-refractivity contribution >= 4 is 16.6 Å². The van der Waals surface area contributed by atoms with Gasteiger partial charge >= 0.3 is 0 Å². The van der Waals surface area contributed by atoms with E-state index in [0.29, 0.717) is 0 Å². The molecule has 5 aromatic rings. The number of nitrogens with zero attached hydrogens (tertiary/aromatic N) is 1. The van der Waals surface area contributed by atoms with Gasteiger partial charge in [0.2, 0.25) is 11.2 Å². The summed E-state index contributed by atoms with van der Waals surface area (Å²) in [5.74, 6) is 0. The van der Waals surface area contributed by atoms with Gasteiger partial charge in [0.15, 0.2) is 0 Å². The lowest BCUT2D eigenvalue weighted by Gasteiger charge is -2.10. The molecule has 0 unspecified atom stereocenters. The normalized spacial score (nSPS) is 11.1. The molecule has 4 nitrogen and oxygen atoms in total. The number of aromatic amines is 1. The first-order valence-electron chi connectivity index (χ1n) is 11.3. The van der Waals surface area contributed by atoms with E-state index in [-0.39, 0.29) is 0 Å². The van der Waals surface area contributed by atoms with Crippen LogP contribution >= 0.6 is 0 Å². The first-order valence-corrected chi connectivity index (χ1v) is 11.3. The van der Waals surface area contributed by atoms with Crippen LogP contribution in [0.2, 0.25) is 0 Å². The maximum Gasteiger partial charge on any atom is 0.219 e. The van der Waals surface area contributed by atoms with Crippen LogP contribution in [-0.4, -0.2) is 4.98 Å². The predicted molar refractivity (Wildman–Crippen MR) is 134 cm³/mol. The number of H-pyrrole nitrogens is 1. The Morgan fingerprint density at radius 2 is 1.48 bits per heavy atom. The van der Waals surface area contributed by atoms with Gasteiger partial charge in [0.1, 0.15) is 0 Å². The molecule has 0 aliphatic rings. The second kappa shape index (κ2) is 9.23. The fraction of sp³-hybridized carbons (Fsp3) is 0.103. The number of fused-ring (bicyclic) bond motifs is 1. The number of pyridine rings is 2. The van der Waals surface area contributed by atoms with Crippen LogP contribution in [0.5, 0.6) is 0 Å². The van der Waals surface area contributed by atoms with Crippen LogP contribution in [0.3, 0.4) is 0 Å². The zero-order valence-electron chi connectivity index (χ0n) is 18.6. The van der Waals surface area contributed by atoms with Crippen molar-refractivity contribution in [1.29, 1.82) is 0 Å². The number of rotatable bonds is 6. The summed E-state index contributed by atoms with van der Waals surface area (Å²) in [6.07, 6.45) is 3.68. The minimum atomic E-state index is 0.788. The molecule has 2 aromatic heterocycles. The van der Waals surface area contributed by atoms with Crippen molar-refractivity contribution in [3.63, 3.8) is 0 Å². The van der Waals surface area contributed by atoms with Gasteiger partial charge in [-0.25, -0.2) is 4.98 Å². The number of nitrogens with two attached hydrogens (primary N) is 1. The molecule has 0 atom stereocenters. The van der Waals surface area contributed by atoms with E-state index in [1.807, 2.05) is 18.3 Å². The van der Waals surface area contributed by atoms with Gasteiger partial charge in [-0.15, -0.1) is 0 Å². The van der Waals surface area contributed by atoms with E-state index in [2.05, 4.69) is 89.6 Å². The van der Waals surface area contributed by atoms with Crippen molar-refractivity contribution in [2.24, 2.45) is 0 Å². The quantitative estimate of drug-likeness (QED) is 0.388. The van der Waals surface area contributed by atoms with Crippen molar-refractivity contribution in [3.05, 3.63) is 114 Å². The standard InChI is InChI=1S/C29H26N4/c30-19-21-6-11-23(12-7-21)29-25(22-4-2-1-3-5-22)18-26-27(32-17-16-28(26)33-29)15-10-20-8-13-24(31)14-9-20/h1-9,11-14,16-18H,10,15,19,30-31H2/p+2. The highest BCUT2D eigenvalue weighted by Gasteiger charge is 2.19. The summed E-state index contributed by atoms with van der Waals surface area (Å²) in [6.45, 7) is 0.788. The molecule has 162 valence electrons. The molecule has 0 spiro atoms. The van der Waals surface area contributed by atoms with E-state index in [0.717, 1.165) is 52.9 Å². The van der Waals surface area contributed by atoms with Gasteiger partial charge in [-0.1, -0.05) is 54.6 Å². The lowest BCUT2D eigenvalue weighted by atomic mass is 9.96. The van der Waals surface area contributed by atoms with E-state index >= 15 is 0 Å². The lowest BCUT2D eigenvalue weighted by Crippen LogP contribution is -2.47. The van der Waals surface area contributed by atoms with Gasteiger partial charge in [0.05, 0.1) is 23.2 Å². The number of hydrogen-bond donors (Lipinski definition) is 2. The topological polar surface area (TPSA) is 80.7 Å². The summed E-state index contributed by atoms with van der Waals surface area (Å²) in [4.78, 5) is 8.47. The maximum absolute atomic E-state index is 5.84. The highest BCUT2D eigenvalue weighted by molar-refractivity contribution is 5.89. The second-order valence-corrected chi connectivity index (χ2v) is 8.33. The van der Waals surface area contributed by atoms with Gasteiger partial charge in [-0.3, -0.25) is 4.98 Å². The third-order valence-electron chi connectivity index (χ3n) is 6.14. The van der Waals surface area contributed by atoms with Crippen molar-refractivity contribution in [3.8, 4) is 22.4 Å². The molecule has 33 heavy (non-hydrogen) atoms. The van der Waals surface area contributed by atoms with E-state index < -0.39 is 0 Å². The predicted octanol–water partition coefficient (Wildman–Crippen LogP) is 4.49. The lowest BCUT2D eigenvalue weighted by molar-refractivity contribution is -0.386. The molecule has 5 rings (SSSR count). The third-order valence-corrected chi connectivity index (χ3v) is 6.14. The molecule has 0 aliphatic heterocycles. The molecule has 0 amide bonds. The van der Waals surface area contributed by atoms with Crippen LogP contribution in [0, 0.1) is 0 Å². The monoisotopic (exact) mass is 432 g/mol. The Balaban J connectivity index is 1.61. The molecule has 0 bridgehead atoms. The van der Waals surface area contributed by atoms with Crippen molar-refractivity contribution in [1.82, 2.24) is 4.98 Å². The van der Waals surface area contributed by atoms with Crippen LogP contribution in [0.1, 0.15) is 16.8 Å². The Bertz CT molecular complexity index is 1380. The first-order chi connectivity index (χ1) is 16.2. The van der Waals surface area contributed by atoms with Crippen LogP contribution < -0.4 is 16.5 Å². The number of aromatic nitrogens is 2. The Morgan fingerprint density at radius 3 is 2.21 bits per heavy atom. The SMILES string of the molecule is Nc1ccc(CCc2nccc3[nH+]c(-c4ccc(C[NH3+])cc4)c(-c4ccccc4)cc23)cc1. The zero-order chi connectivity index (χ0) is 22.6. The van der Waals surface area contributed by atoms with E-state index in [1.54, 1.807) is 0 Å². The molecule has 2 heterocycles. The van der Waals surface area contributed by atoms with Gasteiger partial charge in [0, 0.05) is 29.1 Å². The van der Waals surface area contributed by atoms with Gasteiger partial charge in [-0.05, 0) is 54.3 Å². The fourth-order valence-corrected chi connectivity index (χ4v) is 4.26. The highest BCUT2D eigenvalue weighted by Crippen LogP contribution is 2.32. The number of hydrogen-bond acceptors (Lipinski definition) is 2. The highest BCUT2D eigenvalue weighted by atomic mass is 14.7. The average molecular weight is 433 g/mol. The molecule has 3 aromatic carbocycles. The molecule has 0 aliphatic carbocycles. The summed E-state index contributed by atoms with van der Waals surface area (Å²) in [5, 5.41) is 1.16. The largest absolute Gasteiger partial charge is 0.399 e. The van der Waals surface area contributed by atoms with Gasteiger partial charge < -0.3 is 11.5 Å². The van der Waals surface area contributed by atoms with Crippen molar-refractivity contribution in [2.75, 3.05) is 5.73 Å². The zero-order valence-corrected chi connectivity index (χ0v) is 18.6. The summed E-state index contributed by atoms with van der Waals surface area (Å²) < 4.78 is 0. The second-order valence-electron chi connectivity index (χ2n) is 8.33. The molecule has 0 radical (unpaired) electrons. The maximum atomic E-state index is 5.84. The van der Waals surface area contributed by atoms with Crippen LogP contribution in [0.25, 0.3) is 33.3 Å². The molecular weight excluding hydrogens is 404 g/mol. The summed E-state index contributed by atoms with van der Waals surface area (Å²) in [6, 6.07) is 31.6. The molecule has 0 saturated heterocycles. The Morgan fingerprint density at radius 1 is 0.758 bits per heavy atom. The summed E-state index contributed by atoms with van der Waals surface area (Å²) >= 11 is 0. The number of aryl methyl sites for hydroxylation is 2. The number of benzene rings is 3. The molecule has 0 saturated carbocycles. The van der Waals surface area contributed by atoms with Crippen LogP contribution in [0.15, 0.2) is 97.2 Å². The van der Waals surface area contributed by atoms with E-state index in [4.69, 9.17) is 10.7 Å². The number of nitrogen functional groups attached to an aromatic ring is 1. The van der Waals surface area contributed by atoms with Crippen molar-refractivity contribution < 1.29 is 10.7 Å². The average Bonchev–Trinajstić information content (AvgIpc) is 2.88. The summed E-state index contributed by atoms with van der Waals surface area (Å²) in [5.41, 5.74) is 19.9. The molecule has 6 N–H and O–H groups in total. The number of anilines is 1. The van der Waals surface area contributed by atoms with E-state index in [1.165, 1.54) is 22.3 Å². The third kappa shape index (κ3) is 4.47. The molecule has 0 fully saturated rings. The number of quaternary nitrogens is 1. The van der Waals surface area contributed by atoms with Crippen LogP contribution in [-0.2, 0) is 19.4 Å². The summed E-state index contributed by atoms with van der Waals surface area (Å²) in [7, 11) is 0. The minimum absolute atomic E-state index is 0.788. The van der Waals surface area contributed by atoms with Crippen molar-refractivity contribution in [2.45, 2.75) is 19.4 Å².